The summed E-state index contributed by atoms with van der Waals surface area (Å²) in [6.07, 6.45) is 5.82. The molecule has 0 unspecified atom stereocenters. The highest BCUT2D eigenvalue weighted by Crippen LogP contribution is 2.52. The Balaban J connectivity index is 2.93. The summed E-state index contributed by atoms with van der Waals surface area (Å²) >= 11 is 0. The van der Waals surface area contributed by atoms with Crippen LogP contribution in [0.3, 0.4) is 0 Å². The third kappa shape index (κ3) is 5.72. The molecule has 0 heterocycles. The molecule has 2 aliphatic carbocycles. The van der Waals surface area contributed by atoms with E-state index in [2.05, 4.69) is 6.58 Å². The Morgan fingerprint density at radius 2 is 1.60 bits per heavy atom. The first-order valence-electron chi connectivity index (χ1n) is 12.7. The number of allylic oxidation sites excluding steroid dienone is 8. The highest BCUT2D eigenvalue weighted by molar-refractivity contribution is 6.24. The molecule has 0 spiro atoms. The van der Waals surface area contributed by atoms with E-state index in [0.29, 0.717) is 12.8 Å². The van der Waals surface area contributed by atoms with Crippen molar-refractivity contribution in [2.24, 2.45) is 23.2 Å². The maximum absolute atomic E-state index is 14.0. The van der Waals surface area contributed by atoms with Crippen LogP contribution in [0.4, 0.5) is 0 Å². The average Bonchev–Trinajstić information content (AvgIpc) is 2.73. The van der Waals surface area contributed by atoms with Crippen molar-refractivity contribution in [3.8, 4) is 0 Å². The third-order valence-corrected chi connectivity index (χ3v) is 7.67. The Morgan fingerprint density at radius 3 is 2.03 bits per heavy atom. The van der Waals surface area contributed by atoms with Gasteiger partial charge in [0.1, 0.15) is 17.1 Å². The number of hydrogen-bond donors (Lipinski definition) is 3. The van der Waals surface area contributed by atoms with Crippen molar-refractivity contribution in [2.45, 2.75) is 93.1 Å². The molecule has 0 aliphatic heterocycles. The molecule has 2 rings (SSSR count). The van der Waals surface area contributed by atoms with Gasteiger partial charge in [0.05, 0.1) is 11.0 Å². The Kier molecular flexibility index (Phi) is 8.81. The van der Waals surface area contributed by atoms with Gasteiger partial charge >= 0.3 is 0 Å². The number of Topliss-reactive ketones (excluding diaryl/α,β-unsaturated/α-hetero) is 2. The first-order chi connectivity index (χ1) is 16.1. The Hall–Kier alpha value is -2.40. The number of aliphatic hydroxyl groups excluding tert-OH is 2. The molecule has 0 saturated heterocycles. The van der Waals surface area contributed by atoms with Gasteiger partial charge < -0.3 is 15.3 Å². The summed E-state index contributed by atoms with van der Waals surface area (Å²) in [5.74, 6) is -2.80. The zero-order valence-corrected chi connectivity index (χ0v) is 22.8. The van der Waals surface area contributed by atoms with Crippen LogP contribution < -0.4 is 0 Å². The van der Waals surface area contributed by atoms with E-state index in [1.165, 1.54) is 0 Å². The van der Waals surface area contributed by atoms with Crippen LogP contribution in [0.2, 0.25) is 0 Å². The second-order valence-electron chi connectivity index (χ2n) is 11.6. The standard InChI is InChI=1S/C30H44O5/c1-17(2)10-14-30(15-11-18(3)4)27(33)23(26(32)24(28(30)34)25(31)20(7)8)22-16-21(19(5)6)12-13-29(22,9)35/h10-11,20-22,32-33,35H,5,12-16H2,1-4,6-9H3/t21-,22-,29+/m1/s1. The highest BCUT2D eigenvalue weighted by Gasteiger charge is 2.54. The normalized spacial score (nSPS) is 26.6. The van der Waals surface area contributed by atoms with Crippen molar-refractivity contribution in [1.29, 1.82) is 0 Å². The second kappa shape index (κ2) is 10.7. The average molecular weight is 485 g/mol. The number of aliphatic hydroxyl groups is 3. The molecule has 3 atom stereocenters. The number of carbonyl (C=O) groups is 2. The molecule has 35 heavy (non-hydrogen) atoms. The summed E-state index contributed by atoms with van der Waals surface area (Å²) in [7, 11) is 0. The van der Waals surface area contributed by atoms with E-state index < -0.39 is 40.2 Å². The van der Waals surface area contributed by atoms with Crippen LogP contribution in [0.5, 0.6) is 0 Å². The highest BCUT2D eigenvalue weighted by atomic mass is 16.3. The molecule has 0 amide bonds. The second-order valence-corrected chi connectivity index (χ2v) is 11.6. The van der Waals surface area contributed by atoms with Crippen molar-refractivity contribution in [2.75, 3.05) is 0 Å². The van der Waals surface area contributed by atoms with E-state index >= 15 is 0 Å². The Bertz CT molecular complexity index is 987. The fourth-order valence-corrected chi connectivity index (χ4v) is 5.20. The zero-order chi connectivity index (χ0) is 26.9. The minimum atomic E-state index is -1.43. The Labute approximate surface area is 211 Å². The maximum atomic E-state index is 14.0. The fraction of sp³-hybridized carbons (Fsp3) is 0.600. The molecule has 0 aromatic carbocycles. The van der Waals surface area contributed by atoms with E-state index in [9.17, 15) is 24.9 Å². The molecule has 2 aliphatic rings. The van der Waals surface area contributed by atoms with Gasteiger partial charge in [-0.15, -0.1) is 0 Å². The third-order valence-electron chi connectivity index (χ3n) is 7.67. The molecule has 1 fully saturated rings. The molecule has 1 saturated carbocycles. The van der Waals surface area contributed by atoms with E-state index in [0.717, 1.165) is 23.1 Å². The van der Waals surface area contributed by atoms with Gasteiger partial charge in [0.2, 0.25) is 0 Å². The van der Waals surface area contributed by atoms with Crippen molar-refractivity contribution in [3.63, 3.8) is 0 Å². The van der Waals surface area contributed by atoms with Gasteiger partial charge in [0.25, 0.3) is 0 Å². The SMILES string of the molecule is C=C(C)[C@@H]1CC[C@](C)(O)[C@@H](C2=C(O)C(CC=C(C)C)(CC=C(C)C)C(=O)C(C(=O)C(C)C)=C2O)C1. The number of rotatable bonds is 8. The predicted octanol–water partition coefficient (Wildman–Crippen LogP) is 6.86. The summed E-state index contributed by atoms with van der Waals surface area (Å²) in [5, 5.41) is 34.7. The minimum Gasteiger partial charge on any atom is -0.511 e. The zero-order valence-electron chi connectivity index (χ0n) is 22.8. The molecule has 3 N–H and O–H groups in total. The van der Waals surface area contributed by atoms with Crippen LogP contribution in [-0.2, 0) is 9.59 Å². The molecular formula is C30H44O5. The summed E-state index contributed by atoms with van der Waals surface area (Å²) in [6.45, 7) is 18.8. The summed E-state index contributed by atoms with van der Waals surface area (Å²) < 4.78 is 0. The van der Waals surface area contributed by atoms with Gasteiger partial charge in [0.15, 0.2) is 11.6 Å². The van der Waals surface area contributed by atoms with E-state index in [-0.39, 0.29) is 35.7 Å². The van der Waals surface area contributed by atoms with Crippen molar-refractivity contribution in [1.82, 2.24) is 0 Å². The minimum absolute atomic E-state index is 0.0974. The van der Waals surface area contributed by atoms with Crippen molar-refractivity contribution >= 4 is 11.6 Å². The van der Waals surface area contributed by atoms with Crippen LogP contribution in [0.15, 0.2) is 58.1 Å². The molecule has 0 radical (unpaired) electrons. The lowest BCUT2D eigenvalue weighted by atomic mass is 9.60. The lowest BCUT2D eigenvalue weighted by Crippen LogP contribution is -2.47. The molecule has 5 nitrogen and oxygen atoms in total. The quantitative estimate of drug-likeness (QED) is 0.258. The lowest BCUT2D eigenvalue weighted by molar-refractivity contribution is -0.129. The van der Waals surface area contributed by atoms with Crippen molar-refractivity contribution < 1.29 is 24.9 Å². The molecular weight excluding hydrogens is 440 g/mol. The summed E-state index contributed by atoms with van der Waals surface area (Å²) in [5.41, 5.74) is 0.146. The van der Waals surface area contributed by atoms with E-state index in [1.54, 1.807) is 20.8 Å². The molecule has 0 bridgehead atoms. The lowest BCUT2D eigenvalue weighted by Gasteiger charge is -2.45. The van der Waals surface area contributed by atoms with Crippen LogP contribution >= 0.6 is 0 Å². The number of hydrogen-bond acceptors (Lipinski definition) is 5. The smallest absolute Gasteiger partial charge is 0.184 e. The van der Waals surface area contributed by atoms with Gasteiger partial charge in [-0.25, -0.2) is 0 Å². The van der Waals surface area contributed by atoms with Crippen LogP contribution in [0.1, 0.15) is 87.5 Å². The summed E-state index contributed by atoms with van der Waals surface area (Å²) in [4.78, 5) is 27.3. The van der Waals surface area contributed by atoms with Gasteiger partial charge in [-0.05, 0) is 79.6 Å². The fourth-order valence-electron chi connectivity index (χ4n) is 5.20. The van der Waals surface area contributed by atoms with Gasteiger partial charge in [-0.1, -0.05) is 49.3 Å². The molecule has 0 aromatic heterocycles. The van der Waals surface area contributed by atoms with Gasteiger partial charge in [-0.2, -0.15) is 0 Å². The Morgan fingerprint density at radius 1 is 1.09 bits per heavy atom. The molecule has 194 valence electrons. The molecule has 5 heteroatoms. The summed E-state index contributed by atoms with van der Waals surface area (Å²) in [6, 6.07) is 0. The maximum Gasteiger partial charge on any atom is 0.184 e. The van der Waals surface area contributed by atoms with Crippen LogP contribution in [0, 0.1) is 23.2 Å². The van der Waals surface area contributed by atoms with E-state index in [4.69, 9.17) is 0 Å². The monoisotopic (exact) mass is 484 g/mol. The first-order valence-corrected chi connectivity index (χ1v) is 12.7. The van der Waals surface area contributed by atoms with Crippen LogP contribution in [-0.4, -0.2) is 32.5 Å². The van der Waals surface area contributed by atoms with E-state index in [1.807, 2.05) is 46.8 Å². The largest absolute Gasteiger partial charge is 0.511 e. The van der Waals surface area contributed by atoms with Crippen molar-refractivity contribution in [3.05, 3.63) is 58.1 Å². The number of carbonyl (C=O) groups excluding carboxylic acids is 2. The molecule has 0 aromatic rings. The van der Waals surface area contributed by atoms with Gasteiger partial charge in [0, 0.05) is 17.4 Å². The van der Waals surface area contributed by atoms with Crippen LogP contribution in [0.25, 0.3) is 0 Å². The topological polar surface area (TPSA) is 94.8 Å². The van der Waals surface area contributed by atoms with Gasteiger partial charge in [-0.3, -0.25) is 9.59 Å². The number of ketones is 2. The predicted molar refractivity (Wildman–Crippen MR) is 141 cm³/mol. The first kappa shape index (κ1) is 28.8.